The fraction of sp³-hybridized carbons (Fsp3) is 0.455. The zero-order valence-corrected chi connectivity index (χ0v) is 11.4. The van der Waals surface area contributed by atoms with Crippen molar-refractivity contribution in [3.05, 3.63) is 28.7 Å². The van der Waals surface area contributed by atoms with E-state index in [2.05, 4.69) is 25.5 Å². The summed E-state index contributed by atoms with van der Waals surface area (Å²) in [6.45, 7) is 7.17. The van der Waals surface area contributed by atoms with E-state index >= 15 is 0 Å². The van der Waals surface area contributed by atoms with Gasteiger partial charge in [0.15, 0.2) is 16.8 Å². The van der Waals surface area contributed by atoms with Crippen LogP contribution in [-0.4, -0.2) is 24.7 Å². The highest BCUT2D eigenvalue weighted by atomic mass is 35.5. The fourth-order valence-electron chi connectivity index (χ4n) is 1.53. The first kappa shape index (κ1) is 12.8. The van der Waals surface area contributed by atoms with Gasteiger partial charge in [0.25, 0.3) is 0 Å². The Bertz CT molecular complexity index is 550. The lowest BCUT2D eigenvalue weighted by molar-refractivity contribution is 0.707. The Balaban J connectivity index is 2.13. The smallest absolute Gasteiger partial charge is 0.171 e. The number of halogens is 1. The van der Waals surface area contributed by atoms with Crippen molar-refractivity contribution in [2.45, 2.75) is 33.9 Å². The van der Waals surface area contributed by atoms with Gasteiger partial charge in [-0.3, -0.25) is 0 Å². The van der Waals surface area contributed by atoms with E-state index in [9.17, 15) is 0 Å². The third-order valence-electron chi connectivity index (χ3n) is 2.71. The van der Waals surface area contributed by atoms with Gasteiger partial charge in [-0.05, 0) is 20.8 Å². The van der Waals surface area contributed by atoms with Gasteiger partial charge in [0.2, 0.25) is 0 Å². The van der Waals surface area contributed by atoms with Crippen molar-refractivity contribution in [1.29, 1.82) is 0 Å². The maximum absolute atomic E-state index is 6.04. The van der Waals surface area contributed by atoms with Crippen molar-refractivity contribution in [2.75, 3.05) is 5.32 Å². The highest BCUT2D eigenvalue weighted by molar-refractivity contribution is 6.31. The van der Waals surface area contributed by atoms with Crippen molar-refractivity contribution in [2.24, 2.45) is 0 Å². The summed E-state index contributed by atoms with van der Waals surface area (Å²) >= 11 is 6.04. The molecule has 0 aliphatic rings. The van der Waals surface area contributed by atoms with Gasteiger partial charge in [-0.2, -0.15) is 0 Å². The summed E-state index contributed by atoms with van der Waals surface area (Å²) in [7, 11) is 0. The molecular formula is C11H15ClN6. The van der Waals surface area contributed by atoms with Crippen LogP contribution in [0.4, 0.5) is 5.82 Å². The minimum absolute atomic E-state index is 0.376. The maximum atomic E-state index is 6.04. The number of aryl methyl sites for hydroxylation is 3. The summed E-state index contributed by atoms with van der Waals surface area (Å²) < 4.78 is 1.95. The van der Waals surface area contributed by atoms with Crippen molar-refractivity contribution in [3.63, 3.8) is 0 Å². The predicted octanol–water partition coefficient (Wildman–Crippen LogP) is 1.97. The van der Waals surface area contributed by atoms with Gasteiger partial charge in [0.05, 0.1) is 17.9 Å². The van der Waals surface area contributed by atoms with Crippen LogP contribution in [0.15, 0.2) is 6.33 Å². The second kappa shape index (κ2) is 5.30. The van der Waals surface area contributed by atoms with Crippen LogP contribution < -0.4 is 5.32 Å². The molecule has 96 valence electrons. The maximum Gasteiger partial charge on any atom is 0.171 e. The molecule has 0 atom stereocenters. The second-order valence-electron chi connectivity index (χ2n) is 3.92. The average molecular weight is 267 g/mol. The van der Waals surface area contributed by atoms with Gasteiger partial charge in [-0.15, -0.1) is 10.2 Å². The fourth-order valence-corrected chi connectivity index (χ4v) is 1.77. The predicted molar refractivity (Wildman–Crippen MR) is 69.5 cm³/mol. The lowest BCUT2D eigenvalue weighted by Crippen LogP contribution is -2.10. The highest BCUT2D eigenvalue weighted by Gasteiger charge is 2.08. The van der Waals surface area contributed by atoms with Gasteiger partial charge in [-0.1, -0.05) is 11.6 Å². The van der Waals surface area contributed by atoms with E-state index in [1.165, 1.54) is 0 Å². The summed E-state index contributed by atoms with van der Waals surface area (Å²) in [6.07, 6.45) is 1.70. The Morgan fingerprint density at radius 3 is 2.72 bits per heavy atom. The van der Waals surface area contributed by atoms with E-state index in [4.69, 9.17) is 11.6 Å². The Morgan fingerprint density at radius 1 is 1.28 bits per heavy atom. The monoisotopic (exact) mass is 266 g/mol. The van der Waals surface area contributed by atoms with E-state index < -0.39 is 0 Å². The van der Waals surface area contributed by atoms with Crippen molar-refractivity contribution >= 4 is 17.4 Å². The largest absolute Gasteiger partial charge is 0.360 e. The molecule has 0 aromatic carbocycles. The molecule has 0 aliphatic heterocycles. The molecule has 1 N–H and O–H groups in total. The van der Waals surface area contributed by atoms with Gasteiger partial charge in [0, 0.05) is 6.54 Å². The topological polar surface area (TPSA) is 68.5 Å². The van der Waals surface area contributed by atoms with Crippen LogP contribution in [-0.2, 0) is 13.1 Å². The molecule has 0 saturated carbocycles. The Morgan fingerprint density at radius 2 is 2.00 bits per heavy atom. The number of anilines is 1. The summed E-state index contributed by atoms with van der Waals surface area (Å²) in [5.41, 5.74) is 1.70. The van der Waals surface area contributed by atoms with Crippen LogP contribution in [0, 0.1) is 13.8 Å². The molecule has 2 aromatic rings. The summed E-state index contributed by atoms with van der Waals surface area (Å²) in [6, 6.07) is 0. The lowest BCUT2D eigenvalue weighted by Gasteiger charge is -2.09. The first-order valence-electron chi connectivity index (χ1n) is 5.73. The molecule has 2 heterocycles. The Hall–Kier alpha value is -1.69. The Labute approximate surface area is 110 Å². The van der Waals surface area contributed by atoms with Crippen LogP contribution in [0.2, 0.25) is 5.15 Å². The molecule has 18 heavy (non-hydrogen) atoms. The summed E-state index contributed by atoms with van der Waals surface area (Å²) in [4.78, 5) is 8.58. The zero-order chi connectivity index (χ0) is 13.1. The number of hydrogen-bond donors (Lipinski definition) is 1. The molecule has 0 aliphatic carbocycles. The van der Waals surface area contributed by atoms with Crippen molar-refractivity contribution in [3.8, 4) is 0 Å². The Kier molecular flexibility index (Phi) is 3.76. The van der Waals surface area contributed by atoms with Crippen LogP contribution in [0.5, 0.6) is 0 Å². The minimum atomic E-state index is 0.376. The molecule has 0 bridgehead atoms. The second-order valence-corrected chi connectivity index (χ2v) is 4.28. The van der Waals surface area contributed by atoms with Gasteiger partial charge < -0.3 is 9.88 Å². The number of aromatic nitrogens is 5. The molecule has 0 unspecified atom stereocenters. The normalized spacial score (nSPS) is 10.7. The van der Waals surface area contributed by atoms with Crippen LogP contribution in [0.1, 0.15) is 24.1 Å². The number of rotatable bonds is 4. The van der Waals surface area contributed by atoms with Gasteiger partial charge in [-0.25, -0.2) is 9.97 Å². The number of hydrogen-bond acceptors (Lipinski definition) is 5. The molecule has 2 rings (SSSR count). The van der Waals surface area contributed by atoms with Crippen molar-refractivity contribution in [1.82, 2.24) is 24.7 Å². The summed E-state index contributed by atoms with van der Waals surface area (Å²) in [5.74, 6) is 1.42. The number of nitrogens with one attached hydrogen (secondary N) is 1. The molecule has 2 aromatic heterocycles. The standard InChI is InChI=1S/C11H15ClN6/c1-4-18-6-14-17-9(18)5-13-11-10(12)15-7(2)8(3)16-11/h6H,4-5H2,1-3H3,(H,13,16). The average Bonchev–Trinajstić information content (AvgIpc) is 2.79. The SMILES string of the molecule is CCn1cnnc1CNc1nc(C)c(C)nc1Cl. The molecular weight excluding hydrogens is 252 g/mol. The molecule has 0 amide bonds. The van der Waals surface area contributed by atoms with E-state index in [1.807, 2.05) is 25.3 Å². The van der Waals surface area contributed by atoms with E-state index in [1.54, 1.807) is 6.33 Å². The molecule has 7 heteroatoms. The molecule has 0 fully saturated rings. The first-order valence-corrected chi connectivity index (χ1v) is 6.11. The zero-order valence-electron chi connectivity index (χ0n) is 10.6. The van der Waals surface area contributed by atoms with Crippen molar-refractivity contribution < 1.29 is 0 Å². The van der Waals surface area contributed by atoms with Gasteiger partial charge in [0.1, 0.15) is 6.33 Å². The van der Waals surface area contributed by atoms with E-state index in [0.717, 1.165) is 23.8 Å². The third-order valence-corrected chi connectivity index (χ3v) is 2.98. The molecule has 6 nitrogen and oxygen atoms in total. The first-order chi connectivity index (χ1) is 8.61. The van der Waals surface area contributed by atoms with Crippen LogP contribution >= 0.6 is 11.6 Å². The summed E-state index contributed by atoms with van der Waals surface area (Å²) in [5, 5.41) is 11.4. The van der Waals surface area contributed by atoms with Crippen LogP contribution in [0.25, 0.3) is 0 Å². The quantitative estimate of drug-likeness (QED) is 0.916. The van der Waals surface area contributed by atoms with E-state index in [0.29, 0.717) is 17.5 Å². The highest BCUT2D eigenvalue weighted by Crippen LogP contribution is 2.18. The van der Waals surface area contributed by atoms with Gasteiger partial charge >= 0.3 is 0 Å². The molecule has 0 saturated heterocycles. The minimum Gasteiger partial charge on any atom is -0.360 e. The number of nitrogens with zero attached hydrogens (tertiary/aromatic N) is 5. The third kappa shape index (κ3) is 2.59. The molecule has 0 spiro atoms. The van der Waals surface area contributed by atoms with Crippen LogP contribution in [0.3, 0.4) is 0 Å². The molecule has 0 radical (unpaired) electrons. The van der Waals surface area contributed by atoms with E-state index in [-0.39, 0.29) is 0 Å². The lowest BCUT2D eigenvalue weighted by atomic mass is 10.3.